The Labute approximate surface area is 117 Å². The van der Waals surface area contributed by atoms with E-state index in [0.717, 1.165) is 10.0 Å². The second-order valence-electron chi connectivity index (χ2n) is 3.99. The summed E-state index contributed by atoms with van der Waals surface area (Å²) in [5, 5.41) is 8.01. The highest BCUT2D eigenvalue weighted by Crippen LogP contribution is 2.19. The molecular formula is C12H10BrN5O. The topological polar surface area (TPSA) is 82.8 Å². The second kappa shape index (κ2) is 4.85. The summed E-state index contributed by atoms with van der Waals surface area (Å²) in [6.07, 6.45) is 3.29. The van der Waals surface area contributed by atoms with Crippen LogP contribution in [0.1, 0.15) is 5.89 Å². The largest absolute Gasteiger partial charge is 0.396 e. The highest BCUT2D eigenvalue weighted by molar-refractivity contribution is 9.10. The van der Waals surface area contributed by atoms with Crippen LogP contribution in [0.15, 0.2) is 45.7 Å². The number of nitrogens with zero attached hydrogens (tertiary/aromatic N) is 4. The fraction of sp³-hybridized carbons (Fsp3) is 0.0833. The summed E-state index contributed by atoms with van der Waals surface area (Å²) >= 11 is 3.38. The first-order chi connectivity index (χ1) is 9.20. The van der Waals surface area contributed by atoms with Crippen molar-refractivity contribution in [3.8, 4) is 11.4 Å². The van der Waals surface area contributed by atoms with Crippen molar-refractivity contribution in [2.75, 3.05) is 5.73 Å². The lowest BCUT2D eigenvalue weighted by atomic mass is 10.2. The van der Waals surface area contributed by atoms with E-state index in [9.17, 15) is 0 Å². The highest BCUT2D eigenvalue weighted by Gasteiger charge is 2.09. The van der Waals surface area contributed by atoms with Gasteiger partial charge in [0, 0.05) is 16.2 Å². The van der Waals surface area contributed by atoms with E-state index in [-0.39, 0.29) is 0 Å². The van der Waals surface area contributed by atoms with Gasteiger partial charge in [-0.2, -0.15) is 10.1 Å². The molecule has 6 nitrogen and oxygen atoms in total. The molecule has 0 fully saturated rings. The van der Waals surface area contributed by atoms with Gasteiger partial charge in [-0.3, -0.25) is 4.68 Å². The Hall–Kier alpha value is -2.15. The number of hydrogen-bond donors (Lipinski definition) is 1. The lowest BCUT2D eigenvalue weighted by Crippen LogP contribution is -2.00. The maximum atomic E-state index is 5.59. The van der Waals surface area contributed by atoms with Crippen LogP contribution in [0.3, 0.4) is 0 Å². The van der Waals surface area contributed by atoms with E-state index in [2.05, 4.69) is 31.2 Å². The Morgan fingerprint density at radius 1 is 1.26 bits per heavy atom. The minimum Gasteiger partial charge on any atom is -0.396 e. The minimum absolute atomic E-state index is 0.404. The Kier molecular flexibility index (Phi) is 3.04. The molecule has 19 heavy (non-hydrogen) atoms. The normalized spacial score (nSPS) is 10.8. The van der Waals surface area contributed by atoms with Gasteiger partial charge in [0.25, 0.3) is 0 Å². The molecular weight excluding hydrogens is 310 g/mol. The summed E-state index contributed by atoms with van der Waals surface area (Å²) in [7, 11) is 0. The average molecular weight is 320 g/mol. The van der Waals surface area contributed by atoms with Crippen LogP contribution in [-0.4, -0.2) is 19.9 Å². The van der Waals surface area contributed by atoms with Crippen LogP contribution < -0.4 is 5.73 Å². The van der Waals surface area contributed by atoms with E-state index in [1.165, 1.54) is 0 Å². The fourth-order valence-electron chi connectivity index (χ4n) is 1.64. The quantitative estimate of drug-likeness (QED) is 0.801. The number of aromatic nitrogens is 4. The number of anilines is 1. The Morgan fingerprint density at radius 3 is 2.74 bits per heavy atom. The third kappa shape index (κ3) is 2.65. The summed E-state index contributed by atoms with van der Waals surface area (Å²) in [6.45, 7) is 0.404. The third-order valence-corrected chi connectivity index (χ3v) is 3.05. The predicted octanol–water partition coefficient (Wildman–Crippen LogP) is 2.33. The van der Waals surface area contributed by atoms with Crippen LogP contribution in [0.4, 0.5) is 5.69 Å². The number of nitrogen functional groups attached to an aromatic ring is 1. The number of rotatable bonds is 3. The van der Waals surface area contributed by atoms with E-state index < -0.39 is 0 Å². The van der Waals surface area contributed by atoms with E-state index in [0.29, 0.717) is 23.9 Å². The molecule has 0 amide bonds. The molecule has 0 aliphatic rings. The molecule has 2 N–H and O–H groups in total. The molecule has 2 aromatic heterocycles. The zero-order valence-electron chi connectivity index (χ0n) is 9.82. The van der Waals surface area contributed by atoms with Crippen molar-refractivity contribution >= 4 is 21.6 Å². The molecule has 2 heterocycles. The summed E-state index contributed by atoms with van der Waals surface area (Å²) in [4.78, 5) is 4.32. The molecule has 0 aliphatic carbocycles. The zero-order chi connectivity index (χ0) is 13.2. The molecule has 0 bridgehead atoms. The van der Waals surface area contributed by atoms with Gasteiger partial charge in [0.05, 0.1) is 11.9 Å². The molecule has 0 aliphatic heterocycles. The smallest absolute Gasteiger partial charge is 0.248 e. The predicted molar refractivity (Wildman–Crippen MR) is 73.2 cm³/mol. The Bertz CT molecular complexity index is 688. The van der Waals surface area contributed by atoms with Crippen molar-refractivity contribution in [2.24, 2.45) is 0 Å². The molecule has 0 saturated heterocycles. The summed E-state index contributed by atoms with van der Waals surface area (Å²) in [5.41, 5.74) is 7.09. The first-order valence-corrected chi connectivity index (χ1v) is 6.36. The summed E-state index contributed by atoms with van der Waals surface area (Å²) in [5.74, 6) is 1.05. The van der Waals surface area contributed by atoms with Crippen LogP contribution in [-0.2, 0) is 6.54 Å². The maximum absolute atomic E-state index is 5.59. The third-order valence-electron chi connectivity index (χ3n) is 2.52. The van der Waals surface area contributed by atoms with Crippen molar-refractivity contribution in [3.63, 3.8) is 0 Å². The first-order valence-electron chi connectivity index (χ1n) is 5.57. The number of hydrogen-bond acceptors (Lipinski definition) is 5. The Morgan fingerprint density at radius 2 is 2.05 bits per heavy atom. The van der Waals surface area contributed by atoms with Gasteiger partial charge in [-0.25, -0.2) is 0 Å². The van der Waals surface area contributed by atoms with Gasteiger partial charge in [-0.1, -0.05) is 21.1 Å². The van der Waals surface area contributed by atoms with Crippen LogP contribution in [0.5, 0.6) is 0 Å². The van der Waals surface area contributed by atoms with Crippen molar-refractivity contribution in [1.82, 2.24) is 19.9 Å². The standard InChI is InChI=1S/C12H10BrN5O/c13-9-3-1-8(2-4-9)12-16-11(19-17-12)7-18-6-10(14)5-15-18/h1-6H,7,14H2. The summed E-state index contributed by atoms with van der Waals surface area (Å²) < 4.78 is 7.84. The van der Waals surface area contributed by atoms with Crippen molar-refractivity contribution < 1.29 is 4.52 Å². The molecule has 96 valence electrons. The minimum atomic E-state index is 0.404. The number of halogens is 1. The Balaban J connectivity index is 1.81. The van der Waals surface area contributed by atoms with Gasteiger partial charge in [0.1, 0.15) is 6.54 Å². The van der Waals surface area contributed by atoms with E-state index in [1.54, 1.807) is 17.1 Å². The molecule has 0 radical (unpaired) electrons. The second-order valence-corrected chi connectivity index (χ2v) is 4.91. The van der Waals surface area contributed by atoms with Crippen LogP contribution in [0, 0.1) is 0 Å². The lowest BCUT2D eigenvalue weighted by Gasteiger charge is -1.94. The molecule has 3 rings (SSSR count). The van der Waals surface area contributed by atoms with Gasteiger partial charge in [-0.15, -0.1) is 0 Å². The van der Waals surface area contributed by atoms with Crippen LogP contribution in [0.25, 0.3) is 11.4 Å². The van der Waals surface area contributed by atoms with Crippen molar-refractivity contribution in [3.05, 3.63) is 47.0 Å². The molecule has 0 atom stereocenters. The molecule has 0 spiro atoms. The maximum Gasteiger partial charge on any atom is 0.248 e. The van der Waals surface area contributed by atoms with Crippen LogP contribution >= 0.6 is 15.9 Å². The van der Waals surface area contributed by atoms with E-state index >= 15 is 0 Å². The van der Waals surface area contributed by atoms with E-state index in [1.807, 2.05) is 24.3 Å². The van der Waals surface area contributed by atoms with Gasteiger partial charge < -0.3 is 10.3 Å². The van der Waals surface area contributed by atoms with Crippen molar-refractivity contribution in [2.45, 2.75) is 6.54 Å². The van der Waals surface area contributed by atoms with E-state index in [4.69, 9.17) is 10.3 Å². The number of nitrogens with two attached hydrogens (primary N) is 1. The summed E-state index contributed by atoms with van der Waals surface area (Å²) in [6, 6.07) is 7.70. The SMILES string of the molecule is Nc1cnn(Cc2nc(-c3ccc(Br)cc3)no2)c1. The molecule has 3 aromatic rings. The average Bonchev–Trinajstić information content (AvgIpc) is 3.00. The fourth-order valence-corrected chi connectivity index (χ4v) is 1.90. The molecule has 7 heteroatoms. The number of benzene rings is 1. The van der Waals surface area contributed by atoms with Crippen molar-refractivity contribution in [1.29, 1.82) is 0 Å². The highest BCUT2D eigenvalue weighted by atomic mass is 79.9. The van der Waals surface area contributed by atoms with Gasteiger partial charge in [-0.05, 0) is 24.3 Å². The lowest BCUT2D eigenvalue weighted by molar-refractivity contribution is 0.366. The molecule has 1 aromatic carbocycles. The monoisotopic (exact) mass is 319 g/mol. The zero-order valence-corrected chi connectivity index (χ0v) is 11.4. The van der Waals surface area contributed by atoms with Gasteiger partial charge >= 0.3 is 0 Å². The first kappa shape index (κ1) is 11.9. The molecule has 0 saturated carbocycles. The van der Waals surface area contributed by atoms with Gasteiger partial charge in [0.2, 0.25) is 11.7 Å². The van der Waals surface area contributed by atoms with Gasteiger partial charge in [0.15, 0.2) is 0 Å². The molecule has 0 unspecified atom stereocenters. The van der Waals surface area contributed by atoms with Crippen LogP contribution in [0.2, 0.25) is 0 Å².